The number of fused-ring (bicyclic) bond motifs is 1. The molecular weight excluding hydrogens is 406 g/mol. The minimum atomic E-state index is -0.422. The molecular formula is C24H27N5O3. The number of aromatic nitrogens is 3. The standard InChI is InChI=1S/C24H27N5O3/c1-17-24(31)28(15-19-6-4-3-5-7-19)16-22-21(26-27-29(17)22)14-25-23(30)13-10-18-8-11-20(32-2)12-9-18/h3-9,11-12,17H,10,13-16H2,1-2H3,(H,25,30). The molecule has 0 radical (unpaired) electrons. The van der Waals surface area contributed by atoms with Gasteiger partial charge in [-0.3, -0.25) is 9.59 Å². The van der Waals surface area contributed by atoms with Crippen molar-refractivity contribution in [3.8, 4) is 5.75 Å². The third kappa shape index (κ3) is 4.80. The molecule has 8 nitrogen and oxygen atoms in total. The summed E-state index contributed by atoms with van der Waals surface area (Å²) in [5.74, 6) is 0.759. The minimum absolute atomic E-state index is 0.0151. The lowest BCUT2D eigenvalue weighted by molar-refractivity contribution is -0.138. The maximum Gasteiger partial charge on any atom is 0.247 e. The Morgan fingerprint density at radius 2 is 1.88 bits per heavy atom. The zero-order chi connectivity index (χ0) is 22.5. The van der Waals surface area contributed by atoms with E-state index in [0.29, 0.717) is 31.6 Å². The molecule has 2 aromatic carbocycles. The van der Waals surface area contributed by atoms with Gasteiger partial charge in [-0.05, 0) is 36.6 Å². The van der Waals surface area contributed by atoms with Crippen molar-refractivity contribution in [3.63, 3.8) is 0 Å². The van der Waals surface area contributed by atoms with Crippen LogP contribution in [0, 0.1) is 0 Å². The number of rotatable bonds is 8. The molecule has 32 heavy (non-hydrogen) atoms. The van der Waals surface area contributed by atoms with Crippen LogP contribution in [0.5, 0.6) is 5.75 Å². The normalized spacial score (nSPS) is 15.4. The number of carbonyl (C=O) groups is 2. The quantitative estimate of drug-likeness (QED) is 0.590. The summed E-state index contributed by atoms with van der Waals surface area (Å²) in [7, 11) is 1.63. The van der Waals surface area contributed by atoms with Gasteiger partial charge in [0.15, 0.2) is 0 Å². The summed E-state index contributed by atoms with van der Waals surface area (Å²) in [6.45, 7) is 3.07. The van der Waals surface area contributed by atoms with E-state index in [2.05, 4.69) is 15.6 Å². The van der Waals surface area contributed by atoms with Gasteiger partial charge in [-0.1, -0.05) is 47.7 Å². The average Bonchev–Trinajstić information content (AvgIpc) is 3.23. The Morgan fingerprint density at radius 3 is 2.59 bits per heavy atom. The van der Waals surface area contributed by atoms with Gasteiger partial charge in [0.05, 0.1) is 25.9 Å². The third-order valence-electron chi connectivity index (χ3n) is 5.72. The number of hydrogen-bond donors (Lipinski definition) is 1. The molecule has 1 unspecified atom stereocenters. The van der Waals surface area contributed by atoms with Crippen molar-refractivity contribution >= 4 is 11.8 Å². The molecule has 166 valence electrons. The second kappa shape index (κ2) is 9.64. The van der Waals surface area contributed by atoms with E-state index in [1.807, 2.05) is 66.4 Å². The van der Waals surface area contributed by atoms with Crippen LogP contribution in [0.4, 0.5) is 0 Å². The van der Waals surface area contributed by atoms with Crippen molar-refractivity contribution in [1.29, 1.82) is 0 Å². The molecule has 2 heterocycles. The van der Waals surface area contributed by atoms with Crippen LogP contribution in [0.2, 0.25) is 0 Å². The van der Waals surface area contributed by atoms with E-state index in [1.165, 1.54) is 0 Å². The number of nitrogens with zero attached hydrogens (tertiary/aromatic N) is 4. The maximum absolute atomic E-state index is 12.8. The first-order valence-corrected chi connectivity index (χ1v) is 10.7. The summed E-state index contributed by atoms with van der Waals surface area (Å²) in [6, 6.07) is 17.2. The summed E-state index contributed by atoms with van der Waals surface area (Å²) in [6.07, 6.45) is 1.02. The highest BCUT2D eigenvalue weighted by Gasteiger charge is 2.33. The van der Waals surface area contributed by atoms with Crippen LogP contribution in [0.3, 0.4) is 0 Å². The maximum atomic E-state index is 12.8. The molecule has 0 bridgehead atoms. The summed E-state index contributed by atoms with van der Waals surface area (Å²) in [5.41, 5.74) is 3.71. The van der Waals surface area contributed by atoms with Gasteiger partial charge in [0, 0.05) is 13.0 Å². The fourth-order valence-electron chi connectivity index (χ4n) is 3.84. The van der Waals surface area contributed by atoms with Crippen LogP contribution in [0.1, 0.15) is 41.9 Å². The van der Waals surface area contributed by atoms with Crippen molar-refractivity contribution in [2.45, 2.75) is 45.4 Å². The number of nitrogens with one attached hydrogen (secondary N) is 1. The van der Waals surface area contributed by atoms with E-state index in [4.69, 9.17) is 4.74 Å². The second-order valence-electron chi connectivity index (χ2n) is 7.91. The molecule has 1 atom stereocenters. The van der Waals surface area contributed by atoms with Crippen LogP contribution in [0.15, 0.2) is 54.6 Å². The van der Waals surface area contributed by atoms with E-state index in [1.54, 1.807) is 11.8 Å². The third-order valence-corrected chi connectivity index (χ3v) is 5.72. The minimum Gasteiger partial charge on any atom is -0.497 e. The number of methoxy groups -OCH3 is 1. The Bertz CT molecular complexity index is 1080. The smallest absolute Gasteiger partial charge is 0.247 e. The summed E-state index contributed by atoms with van der Waals surface area (Å²) in [5, 5.41) is 11.3. The van der Waals surface area contributed by atoms with Crippen molar-refractivity contribution in [2.24, 2.45) is 0 Å². The summed E-state index contributed by atoms with van der Waals surface area (Å²) < 4.78 is 6.83. The molecule has 1 N–H and O–H groups in total. The molecule has 0 saturated heterocycles. The van der Waals surface area contributed by atoms with Crippen molar-refractivity contribution in [2.75, 3.05) is 7.11 Å². The predicted octanol–water partition coefficient (Wildman–Crippen LogP) is 2.64. The zero-order valence-corrected chi connectivity index (χ0v) is 18.3. The molecule has 3 aromatic rings. The van der Waals surface area contributed by atoms with Gasteiger partial charge >= 0.3 is 0 Å². The van der Waals surface area contributed by atoms with E-state index >= 15 is 0 Å². The van der Waals surface area contributed by atoms with Gasteiger partial charge in [-0.2, -0.15) is 0 Å². The van der Waals surface area contributed by atoms with Crippen molar-refractivity contribution in [1.82, 2.24) is 25.2 Å². The Kier molecular flexibility index (Phi) is 6.49. The van der Waals surface area contributed by atoms with E-state index in [-0.39, 0.29) is 18.4 Å². The monoisotopic (exact) mass is 433 g/mol. The number of carbonyl (C=O) groups excluding carboxylic acids is 2. The average molecular weight is 434 g/mol. The topological polar surface area (TPSA) is 89.3 Å². The SMILES string of the molecule is COc1ccc(CCC(=O)NCc2nnn3c2CN(Cc2ccccc2)C(=O)C3C)cc1. The highest BCUT2D eigenvalue weighted by atomic mass is 16.5. The van der Waals surface area contributed by atoms with Gasteiger partial charge in [0.2, 0.25) is 11.8 Å². The molecule has 1 aliphatic rings. The van der Waals surface area contributed by atoms with Crippen LogP contribution in [0.25, 0.3) is 0 Å². The molecule has 1 aromatic heterocycles. The number of hydrogen-bond acceptors (Lipinski definition) is 5. The van der Waals surface area contributed by atoms with Crippen LogP contribution < -0.4 is 10.1 Å². The first-order valence-electron chi connectivity index (χ1n) is 10.7. The zero-order valence-electron chi connectivity index (χ0n) is 18.3. The Morgan fingerprint density at radius 1 is 1.12 bits per heavy atom. The first-order chi connectivity index (χ1) is 15.5. The fraction of sp³-hybridized carbons (Fsp3) is 0.333. The van der Waals surface area contributed by atoms with Crippen LogP contribution in [-0.2, 0) is 35.6 Å². The highest BCUT2D eigenvalue weighted by molar-refractivity contribution is 5.81. The van der Waals surface area contributed by atoms with Gasteiger partial charge in [0.25, 0.3) is 0 Å². The Balaban J connectivity index is 1.36. The Hall–Kier alpha value is -3.68. The number of amides is 2. The number of ether oxygens (including phenoxy) is 1. The highest BCUT2D eigenvalue weighted by Crippen LogP contribution is 2.24. The van der Waals surface area contributed by atoms with Crippen LogP contribution >= 0.6 is 0 Å². The molecule has 0 aliphatic carbocycles. The van der Waals surface area contributed by atoms with Gasteiger partial charge in [-0.25, -0.2) is 4.68 Å². The summed E-state index contributed by atoms with van der Waals surface area (Å²) >= 11 is 0. The lowest BCUT2D eigenvalue weighted by Crippen LogP contribution is -2.41. The molecule has 0 fully saturated rings. The van der Waals surface area contributed by atoms with Gasteiger partial charge in [-0.15, -0.1) is 5.10 Å². The molecule has 2 amide bonds. The molecule has 4 rings (SSSR count). The summed E-state index contributed by atoms with van der Waals surface area (Å²) in [4.78, 5) is 27.0. The first kappa shape index (κ1) is 21.5. The van der Waals surface area contributed by atoms with Crippen LogP contribution in [-0.4, -0.2) is 38.8 Å². The van der Waals surface area contributed by atoms with E-state index < -0.39 is 6.04 Å². The van der Waals surface area contributed by atoms with Gasteiger partial charge < -0.3 is 15.0 Å². The van der Waals surface area contributed by atoms with Crippen molar-refractivity contribution < 1.29 is 14.3 Å². The fourth-order valence-corrected chi connectivity index (χ4v) is 3.84. The Labute approximate surface area is 187 Å². The lowest BCUT2D eigenvalue weighted by atomic mass is 10.1. The van der Waals surface area contributed by atoms with E-state index in [9.17, 15) is 9.59 Å². The second-order valence-corrected chi connectivity index (χ2v) is 7.91. The molecule has 1 aliphatic heterocycles. The molecule has 8 heteroatoms. The number of benzene rings is 2. The predicted molar refractivity (Wildman–Crippen MR) is 119 cm³/mol. The largest absolute Gasteiger partial charge is 0.497 e. The van der Waals surface area contributed by atoms with Crippen molar-refractivity contribution in [3.05, 3.63) is 77.1 Å². The molecule has 0 saturated carbocycles. The number of aryl methyl sites for hydroxylation is 1. The van der Waals surface area contributed by atoms with E-state index in [0.717, 1.165) is 22.6 Å². The molecule has 0 spiro atoms. The lowest BCUT2D eigenvalue weighted by Gasteiger charge is -2.31. The van der Waals surface area contributed by atoms with Gasteiger partial charge in [0.1, 0.15) is 17.5 Å².